The minimum Gasteiger partial charge on any atom is -0.494 e. The van der Waals surface area contributed by atoms with E-state index in [0.717, 1.165) is 12.8 Å². The number of esters is 1. The monoisotopic (exact) mass is 602 g/mol. The SMILES string of the molecule is CCCCOc1ccc(C(=O)Oc2ccc(/C=N\NC(=O)C(=O)Nc3ccccc3C(=O)N3CCOCC3)cc2OC)cc1. The molecular formula is C32H34N4O8. The van der Waals surface area contributed by atoms with Crippen LogP contribution in [-0.4, -0.2) is 74.8 Å². The van der Waals surface area contributed by atoms with Crippen LogP contribution in [0.4, 0.5) is 5.69 Å². The first-order valence-corrected chi connectivity index (χ1v) is 14.1. The summed E-state index contributed by atoms with van der Waals surface area (Å²) in [5.41, 5.74) is 3.47. The summed E-state index contributed by atoms with van der Waals surface area (Å²) in [7, 11) is 1.42. The Kier molecular flexibility index (Phi) is 11.4. The van der Waals surface area contributed by atoms with E-state index in [4.69, 9.17) is 18.9 Å². The number of hydrogen-bond donors (Lipinski definition) is 2. The van der Waals surface area contributed by atoms with Crippen LogP contribution in [0.25, 0.3) is 0 Å². The summed E-state index contributed by atoms with van der Waals surface area (Å²) in [5, 5.41) is 6.31. The van der Waals surface area contributed by atoms with Crippen LogP contribution in [-0.2, 0) is 14.3 Å². The first-order chi connectivity index (χ1) is 21.4. The average Bonchev–Trinajstić information content (AvgIpc) is 3.06. The molecule has 1 aliphatic rings. The maximum absolute atomic E-state index is 12.9. The van der Waals surface area contributed by atoms with E-state index in [2.05, 4.69) is 22.8 Å². The normalized spacial score (nSPS) is 12.8. The van der Waals surface area contributed by atoms with E-state index in [9.17, 15) is 19.2 Å². The van der Waals surface area contributed by atoms with Gasteiger partial charge < -0.3 is 29.2 Å². The quantitative estimate of drug-likeness (QED) is 0.0845. The summed E-state index contributed by atoms with van der Waals surface area (Å²) in [4.78, 5) is 52.1. The molecule has 0 saturated carbocycles. The molecule has 12 nitrogen and oxygen atoms in total. The fourth-order valence-corrected chi connectivity index (χ4v) is 4.14. The highest BCUT2D eigenvalue weighted by Crippen LogP contribution is 2.28. The summed E-state index contributed by atoms with van der Waals surface area (Å²) in [5.74, 6) is -1.75. The lowest BCUT2D eigenvalue weighted by molar-refractivity contribution is -0.136. The Morgan fingerprint density at radius 2 is 1.70 bits per heavy atom. The van der Waals surface area contributed by atoms with Gasteiger partial charge in [0, 0.05) is 13.1 Å². The predicted molar refractivity (Wildman–Crippen MR) is 162 cm³/mol. The lowest BCUT2D eigenvalue weighted by atomic mass is 10.1. The first kappa shape index (κ1) is 31.7. The van der Waals surface area contributed by atoms with Crippen molar-refractivity contribution in [3.05, 3.63) is 83.4 Å². The number of nitrogens with zero attached hydrogens (tertiary/aromatic N) is 2. The van der Waals surface area contributed by atoms with Gasteiger partial charge in [-0.15, -0.1) is 0 Å². The molecule has 0 aromatic heterocycles. The molecule has 12 heteroatoms. The van der Waals surface area contributed by atoms with Gasteiger partial charge in [-0.3, -0.25) is 14.4 Å². The van der Waals surface area contributed by atoms with Gasteiger partial charge in [-0.25, -0.2) is 10.2 Å². The lowest BCUT2D eigenvalue weighted by Gasteiger charge is -2.27. The van der Waals surface area contributed by atoms with Crippen molar-refractivity contribution in [1.82, 2.24) is 10.3 Å². The van der Waals surface area contributed by atoms with Crippen molar-refractivity contribution in [2.24, 2.45) is 5.10 Å². The molecular weight excluding hydrogens is 568 g/mol. The van der Waals surface area contributed by atoms with Crippen LogP contribution in [0.3, 0.4) is 0 Å². The zero-order chi connectivity index (χ0) is 31.3. The summed E-state index contributed by atoms with van der Waals surface area (Å²) >= 11 is 0. The van der Waals surface area contributed by atoms with Gasteiger partial charge in [-0.05, 0) is 66.6 Å². The standard InChI is InChI=1S/C32H34N4O8/c1-3-4-17-43-24-12-10-23(11-13-24)32(40)44-27-14-9-22(20-28(27)41-2)21-33-35-30(38)29(37)34-26-8-6-5-7-25(26)31(39)36-15-18-42-19-16-36/h5-14,20-21H,3-4,15-19H2,1-2H3,(H,34,37)(H,35,38)/b33-21-. The average molecular weight is 603 g/mol. The van der Waals surface area contributed by atoms with E-state index in [-0.39, 0.29) is 28.7 Å². The van der Waals surface area contributed by atoms with Crippen molar-refractivity contribution in [1.29, 1.82) is 0 Å². The van der Waals surface area contributed by atoms with E-state index >= 15 is 0 Å². The van der Waals surface area contributed by atoms with E-state index in [1.54, 1.807) is 65.6 Å². The second kappa shape index (κ2) is 15.8. The molecule has 0 radical (unpaired) electrons. The van der Waals surface area contributed by atoms with Gasteiger partial charge in [0.05, 0.1) is 50.0 Å². The van der Waals surface area contributed by atoms with E-state index in [1.165, 1.54) is 19.4 Å². The molecule has 3 aromatic rings. The fourth-order valence-electron chi connectivity index (χ4n) is 4.14. The lowest BCUT2D eigenvalue weighted by Crippen LogP contribution is -2.41. The van der Waals surface area contributed by atoms with Crippen LogP contribution in [0.5, 0.6) is 17.2 Å². The number of unbranched alkanes of at least 4 members (excludes halogenated alkanes) is 1. The highest BCUT2D eigenvalue weighted by atomic mass is 16.6. The molecule has 3 aromatic carbocycles. The Labute approximate surface area is 254 Å². The Morgan fingerprint density at radius 3 is 2.43 bits per heavy atom. The van der Waals surface area contributed by atoms with Gasteiger partial charge in [0.1, 0.15) is 5.75 Å². The van der Waals surface area contributed by atoms with Gasteiger partial charge >= 0.3 is 17.8 Å². The van der Waals surface area contributed by atoms with Crippen molar-refractivity contribution in [3.8, 4) is 17.2 Å². The number of benzene rings is 3. The van der Waals surface area contributed by atoms with Crippen LogP contribution in [0.1, 0.15) is 46.0 Å². The Bertz CT molecular complexity index is 1500. The topological polar surface area (TPSA) is 145 Å². The largest absolute Gasteiger partial charge is 0.494 e. The van der Waals surface area contributed by atoms with Crippen molar-refractivity contribution >= 4 is 35.6 Å². The summed E-state index contributed by atoms with van der Waals surface area (Å²) in [6.07, 6.45) is 3.27. The number of para-hydroxylation sites is 1. The maximum atomic E-state index is 12.9. The zero-order valence-corrected chi connectivity index (χ0v) is 24.5. The second-order valence-corrected chi connectivity index (χ2v) is 9.63. The van der Waals surface area contributed by atoms with E-state index in [1.807, 2.05) is 0 Å². The minimum atomic E-state index is -1.03. The number of morpholine rings is 1. The first-order valence-electron chi connectivity index (χ1n) is 14.1. The van der Waals surface area contributed by atoms with Crippen LogP contribution in [0.15, 0.2) is 71.8 Å². The van der Waals surface area contributed by atoms with Gasteiger partial charge in [0.15, 0.2) is 11.5 Å². The van der Waals surface area contributed by atoms with Gasteiger partial charge in [-0.2, -0.15) is 5.10 Å². The number of carbonyl (C=O) groups is 4. The van der Waals surface area contributed by atoms with Crippen molar-refractivity contribution < 1.29 is 38.1 Å². The molecule has 230 valence electrons. The molecule has 1 saturated heterocycles. The zero-order valence-electron chi connectivity index (χ0n) is 24.5. The predicted octanol–water partition coefficient (Wildman–Crippen LogP) is 3.65. The number of rotatable bonds is 11. The molecule has 2 N–H and O–H groups in total. The third-order valence-corrected chi connectivity index (χ3v) is 6.54. The molecule has 0 unspecified atom stereocenters. The van der Waals surface area contributed by atoms with Crippen LogP contribution >= 0.6 is 0 Å². The van der Waals surface area contributed by atoms with Crippen molar-refractivity contribution in [2.45, 2.75) is 19.8 Å². The number of anilines is 1. The van der Waals surface area contributed by atoms with Crippen LogP contribution in [0, 0.1) is 0 Å². The summed E-state index contributed by atoms with van der Waals surface area (Å²) in [6.45, 7) is 4.43. The van der Waals surface area contributed by atoms with E-state index in [0.29, 0.717) is 49.8 Å². The highest BCUT2D eigenvalue weighted by Gasteiger charge is 2.23. The Hall–Kier alpha value is -5.23. The van der Waals surface area contributed by atoms with Gasteiger partial charge in [0.2, 0.25) is 0 Å². The molecule has 1 heterocycles. The van der Waals surface area contributed by atoms with Crippen molar-refractivity contribution in [2.75, 3.05) is 45.3 Å². The smallest absolute Gasteiger partial charge is 0.343 e. The minimum absolute atomic E-state index is 0.187. The molecule has 3 amide bonds. The molecule has 0 bridgehead atoms. The van der Waals surface area contributed by atoms with Crippen LogP contribution < -0.4 is 25.0 Å². The maximum Gasteiger partial charge on any atom is 0.343 e. The van der Waals surface area contributed by atoms with E-state index < -0.39 is 17.8 Å². The number of hydrogen-bond acceptors (Lipinski definition) is 9. The number of ether oxygens (including phenoxy) is 4. The van der Waals surface area contributed by atoms with Gasteiger partial charge in [-0.1, -0.05) is 25.5 Å². The summed E-state index contributed by atoms with van der Waals surface area (Å²) < 4.78 is 21.8. The molecule has 0 atom stereocenters. The highest BCUT2D eigenvalue weighted by molar-refractivity contribution is 6.40. The molecule has 1 fully saturated rings. The number of amides is 3. The third kappa shape index (κ3) is 8.65. The Morgan fingerprint density at radius 1 is 0.955 bits per heavy atom. The number of hydrazone groups is 1. The third-order valence-electron chi connectivity index (χ3n) is 6.54. The molecule has 0 spiro atoms. The number of carbonyl (C=O) groups excluding carboxylic acids is 4. The molecule has 1 aliphatic heterocycles. The Balaban J connectivity index is 1.32. The number of nitrogens with one attached hydrogen (secondary N) is 2. The molecule has 0 aliphatic carbocycles. The second-order valence-electron chi connectivity index (χ2n) is 9.63. The fraction of sp³-hybridized carbons (Fsp3) is 0.281. The van der Waals surface area contributed by atoms with Gasteiger partial charge in [0.25, 0.3) is 5.91 Å². The summed E-state index contributed by atoms with van der Waals surface area (Å²) in [6, 6.07) is 17.8. The van der Waals surface area contributed by atoms with Crippen molar-refractivity contribution in [3.63, 3.8) is 0 Å². The number of methoxy groups -OCH3 is 1. The van der Waals surface area contributed by atoms with Crippen LogP contribution in [0.2, 0.25) is 0 Å². The molecule has 4 rings (SSSR count). The molecule has 44 heavy (non-hydrogen) atoms.